The van der Waals surface area contributed by atoms with Crippen LogP contribution in [0.25, 0.3) is 0 Å². The fraction of sp³-hybridized carbons (Fsp3) is 0.727. The molecule has 0 fully saturated rings. The maximum absolute atomic E-state index is 11.1. The molecule has 0 amide bonds. The molecule has 16 heavy (non-hydrogen) atoms. The molecule has 0 bridgehead atoms. The molecule has 1 aromatic rings. The molecule has 0 unspecified atom stereocenters. The summed E-state index contributed by atoms with van der Waals surface area (Å²) < 4.78 is 6.61. The van der Waals surface area contributed by atoms with Crippen molar-refractivity contribution in [2.24, 2.45) is 0 Å². The van der Waals surface area contributed by atoms with Gasteiger partial charge in [-0.1, -0.05) is 19.1 Å². The Morgan fingerprint density at radius 3 is 2.88 bits per heavy atom. The standard InChI is InChI=1S/C11H19N3O2/c1-4-16-11(15)6-5-7-14-8-10(9(2)3)12-13-14/h8-9H,4-7H2,1-3H3. The minimum Gasteiger partial charge on any atom is -0.466 e. The molecule has 0 atom stereocenters. The van der Waals surface area contributed by atoms with E-state index in [1.165, 1.54) is 0 Å². The second kappa shape index (κ2) is 6.25. The third-order valence-electron chi connectivity index (χ3n) is 2.22. The van der Waals surface area contributed by atoms with Gasteiger partial charge in [-0.25, -0.2) is 0 Å². The monoisotopic (exact) mass is 225 g/mol. The van der Waals surface area contributed by atoms with Crippen molar-refractivity contribution in [2.45, 2.75) is 46.1 Å². The Hall–Kier alpha value is -1.39. The summed E-state index contributed by atoms with van der Waals surface area (Å²) in [7, 11) is 0. The van der Waals surface area contributed by atoms with Gasteiger partial charge in [0.25, 0.3) is 0 Å². The summed E-state index contributed by atoms with van der Waals surface area (Å²) in [5.41, 5.74) is 0.983. The third kappa shape index (κ3) is 4.00. The van der Waals surface area contributed by atoms with E-state index in [9.17, 15) is 4.79 Å². The second-order valence-electron chi connectivity index (χ2n) is 3.97. The first-order chi connectivity index (χ1) is 7.63. The summed E-state index contributed by atoms with van der Waals surface area (Å²) in [4.78, 5) is 11.1. The van der Waals surface area contributed by atoms with Gasteiger partial charge >= 0.3 is 5.97 Å². The molecule has 5 heteroatoms. The average molecular weight is 225 g/mol. The summed E-state index contributed by atoms with van der Waals surface area (Å²) in [6, 6.07) is 0. The van der Waals surface area contributed by atoms with Gasteiger partial charge in [-0.05, 0) is 19.3 Å². The fourth-order valence-electron chi connectivity index (χ4n) is 1.31. The van der Waals surface area contributed by atoms with Gasteiger partial charge < -0.3 is 4.74 Å². The van der Waals surface area contributed by atoms with Gasteiger partial charge in [-0.2, -0.15) is 0 Å². The summed E-state index contributed by atoms with van der Waals surface area (Å²) in [5, 5.41) is 8.04. The molecule has 0 N–H and O–H groups in total. The second-order valence-corrected chi connectivity index (χ2v) is 3.97. The van der Waals surface area contributed by atoms with Crippen molar-refractivity contribution in [3.05, 3.63) is 11.9 Å². The average Bonchev–Trinajstić information content (AvgIpc) is 2.67. The van der Waals surface area contributed by atoms with Crippen molar-refractivity contribution >= 4 is 5.97 Å². The van der Waals surface area contributed by atoms with Gasteiger partial charge in [0.05, 0.1) is 12.3 Å². The summed E-state index contributed by atoms with van der Waals surface area (Å²) >= 11 is 0. The molecule has 1 rings (SSSR count). The molecule has 0 aliphatic heterocycles. The number of carbonyl (C=O) groups excluding carboxylic acids is 1. The highest BCUT2D eigenvalue weighted by molar-refractivity contribution is 5.69. The van der Waals surface area contributed by atoms with E-state index in [1.54, 1.807) is 4.68 Å². The topological polar surface area (TPSA) is 57.0 Å². The number of ether oxygens (including phenoxy) is 1. The van der Waals surface area contributed by atoms with Crippen LogP contribution >= 0.6 is 0 Å². The first-order valence-electron chi connectivity index (χ1n) is 5.69. The first-order valence-corrected chi connectivity index (χ1v) is 5.69. The Bertz CT molecular complexity index is 334. The SMILES string of the molecule is CCOC(=O)CCCn1cc(C(C)C)nn1. The Labute approximate surface area is 95.8 Å². The predicted molar refractivity (Wildman–Crippen MR) is 60.0 cm³/mol. The van der Waals surface area contributed by atoms with Crippen LogP contribution < -0.4 is 0 Å². The van der Waals surface area contributed by atoms with Gasteiger partial charge in [0.1, 0.15) is 0 Å². The minimum absolute atomic E-state index is 0.147. The zero-order valence-corrected chi connectivity index (χ0v) is 10.1. The van der Waals surface area contributed by atoms with Gasteiger partial charge in [0.2, 0.25) is 0 Å². The summed E-state index contributed by atoms with van der Waals surface area (Å²) in [6.07, 6.45) is 3.10. The smallest absolute Gasteiger partial charge is 0.305 e. The molecule has 0 aliphatic rings. The summed E-state index contributed by atoms with van der Waals surface area (Å²) in [6.45, 7) is 7.11. The number of aryl methyl sites for hydroxylation is 1. The molecule has 0 spiro atoms. The number of hydrogen-bond donors (Lipinski definition) is 0. The lowest BCUT2D eigenvalue weighted by Crippen LogP contribution is -2.06. The van der Waals surface area contributed by atoms with Crippen LogP contribution in [0.3, 0.4) is 0 Å². The number of hydrogen-bond acceptors (Lipinski definition) is 4. The van der Waals surface area contributed by atoms with E-state index in [1.807, 2.05) is 13.1 Å². The lowest BCUT2D eigenvalue weighted by molar-refractivity contribution is -0.143. The van der Waals surface area contributed by atoms with Crippen LogP contribution in [0.4, 0.5) is 0 Å². The maximum atomic E-state index is 11.1. The van der Waals surface area contributed by atoms with Crippen molar-refractivity contribution < 1.29 is 9.53 Å². The maximum Gasteiger partial charge on any atom is 0.305 e. The largest absolute Gasteiger partial charge is 0.466 e. The molecule has 0 aromatic carbocycles. The highest BCUT2D eigenvalue weighted by Crippen LogP contribution is 2.09. The minimum atomic E-state index is -0.147. The normalized spacial score (nSPS) is 10.8. The lowest BCUT2D eigenvalue weighted by Gasteiger charge is -2.01. The molecule has 0 saturated carbocycles. The molecule has 1 aromatic heterocycles. The van der Waals surface area contributed by atoms with E-state index in [2.05, 4.69) is 24.2 Å². The van der Waals surface area contributed by atoms with Crippen LogP contribution in [-0.4, -0.2) is 27.6 Å². The zero-order chi connectivity index (χ0) is 12.0. The van der Waals surface area contributed by atoms with Gasteiger partial charge in [-0.3, -0.25) is 9.48 Å². The van der Waals surface area contributed by atoms with E-state index in [0.29, 0.717) is 25.5 Å². The van der Waals surface area contributed by atoms with Crippen molar-refractivity contribution in [1.82, 2.24) is 15.0 Å². The Morgan fingerprint density at radius 2 is 2.31 bits per heavy atom. The van der Waals surface area contributed by atoms with Gasteiger partial charge in [-0.15, -0.1) is 5.10 Å². The molecule has 0 aliphatic carbocycles. The Morgan fingerprint density at radius 1 is 1.56 bits per heavy atom. The lowest BCUT2D eigenvalue weighted by atomic mass is 10.2. The zero-order valence-electron chi connectivity index (χ0n) is 10.1. The highest BCUT2D eigenvalue weighted by atomic mass is 16.5. The van der Waals surface area contributed by atoms with E-state index < -0.39 is 0 Å². The molecule has 1 heterocycles. The Balaban J connectivity index is 2.29. The van der Waals surface area contributed by atoms with Crippen LogP contribution in [0.2, 0.25) is 0 Å². The molecule has 0 saturated heterocycles. The van der Waals surface area contributed by atoms with Crippen LogP contribution in [0, 0.1) is 0 Å². The number of esters is 1. The highest BCUT2D eigenvalue weighted by Gasteiger charge is 2.06. The van der Waals surface area contributed by atoms with E-state index in [0.717, 1.165) is 12.1 Å². The van der Waals surface area contributed by atoms with Gasteiger partial charge in [0, 0.05) is 19.2 Å². The quantitative estimate of drug-likeness (QED) is 0.692. The van der Waals surface area contributed by atoms with Crippen LogP contribution in [0.5, 0.6) is 0 Å². The third-order valence-corrected chi connectivity index (χ3v) is 2.22. The fourth-order valence-corrected chi connectivity index (χ4v) is 1.31. The van der Waals surface area contributed by atoms with Crippen LogP contribution in [-0.2, 0) is 16.1 Å². The van der Waals surface area contributed by atoms with Crippen LogP contribution in [0.15, 0.2) is 6.20 Å². The molecule has 5 nitrogen and oxygen atoms in total. The van der Waals surface area contributed by atoms with Crippen molar-refractivity contribution in [1.29, 1.82) is 0 Å². The van der Waals surface area contributed by atoms with Crippen molar-refractivity contribution in [2.75, 3.05) is 6.61 Å². The van der Waals surface area contributed by atoms with E-state index in [4.69, 9.17) is 4.74 Å². The number of aromatic nitrogens is 3. The first kappa shape index (κ1) is 12.7. The predicted octanol–water partition coefficient (Wildman–Crippen LogP) is 1.74. The number of nitrogens with zero attached hydrogens (tertiary/aromatic N) is 3. The van der Waals surface area contributed by atoms with E-state index in [-0.39, 0.29) is 5.97 Å². The van der Waals surface area contributed by atoms with Gasteiger partial charge in [0.15, 0.2) is 0 Å². The number of rotatable bonds is 6. The molecule has 90 valence electrons. The summed E-state index contributed by atoms with van der Waals surface area (Å²) in [5.74, 6) is 0.241. The molecular weight excluding hydrogens is 206 g/mol. The van der Waals surface area contributed by atoms with Crippen LogP contribution in [0.1, 0.15) is 45.2 Å². The number of carbonyl (C=O) groups is 1. The van der Waals surface area contributed by atoms with Crippen molar-refractivity contribution in [3.63, 3.8) is 0 Å². The van der Waals surface area contributed by atoms with E-state index >= 15 is 0 Å². The van der Waals surface area contributed by atoms with Crippen molar-refractivity contribution in [3.8, 4) is 0 Å². The Kier molecular flexibility index (Phi) is 4.95. The molecular formula is C11H19N3O2. The molecule has 0 radical (unpaired) electrons.